The van der Waals surface area contributed by atoms with Crippen molar-refractivity contribution in [3.63, 3.8) is 0 Å². The summed E-state index contributed by atoms with van der Waals surface area (Å²) in [5, 5.41) is 43.3. The van der Waals surface area contributed by atoms with Crippen LogP contribution < -0.4 is 130 Å². The molecular weight excluding hydrogens is 1050 g/mol. The van der Waals surface area contributed by atoms with Crippen LogP contribution in [0.1, 0.15) is 12.5 Å². The van der Waals surface area contributed by atoms with E-state index in [4.69, 9.17) is 53.4 Å². The van der Waals surface area contributed by atoms with Crippen LogP contribution in [0.5, 0.6) is 0 Å². The predicted octanol–water partition coefficient (Wildman–Crippen LogP) is -11.3. The number of anilines is 2. The number of thioether (sulfide) groups is 2. The second kappa shape index (κ2) is 24.3. The Morgan fingerprint density at radius 1 is 0.758 bits per heavy atom. The zero-order valence-electron chi connectivity index (χ0n) is 33.1. The Bertz CT molecular complexity index is 2250. The van der Waals surface area contributed by atoms with Gasteiger partial charge in [-0.2, -0.15) is 0 Å². The summed E-state index contributed by atoms with van der Waals surface area (Å²) < 4.78 is 72.1. The normalized spacial score (nSPS) is 28.0. The SMILES string of the molecule is CSc1nc(N)c2ncn([C@@H]3O[C@H](COP(=O)(S)OP(=O)(O)C(Cl)P(=O)(O)OP(O)(=S)OC[C@H]4O[C@@H](n5cnc6c(N)nc(SC)nc65)[C@H](O)[C@@H]4O)[C@@H](O)[C@H]3O)c2n1.[Na+].[Na+].[Na+].[Na+]. The average Bonchev–Trinajstić information content (AvgIpc) is 3.90. The van der Waals surface area contributed by atoms with E-state index >= 15 is 0 Å². The molecule has 6 rings (SSSR count). The number of imidazole rings is 2. The maximum Gasteiger partial charge on any atom is 1.00 e. The van der Waals surface area contributed by atoms with E-state index in [1.807, 2.05) is 0 Å². The molecule has 26 nitrogen and oxygen atoms in total. The van der Waals surface area contributed by atoms with Gasteiger partial charge in [-0.1, -0.05) is 47.4 Å². The van der Waals surface area contributed by atoms with Gasteiger partial charge >= 0.3 is 147 Å². The molecule has 2 saturated heterocycles. The fourth-order valence-electron chi connectivity index (χ4n) is 5.52. The molecule has 4 aromatic heterocycles. The first-order valence-corrected chi connectivity index (χ1v) is 27.2. The van der Waals surface area contributed by atoms with Gasteiger partial charge in [0.25, 0.3) is 0 Å². The fourth-order valence-corrected chi connectivity index (χ4v) is 15.4. The molecular formula is C23H33ClN10Na4O16P4S4+4. The summed E-state index contributed by atoms with van der Waals surface area (Å²) in [6.07, 6.45) is -6.49. The number of rotatable bonds is 16. The summed E-state index contributed by atoms with van der Waals surface area (Å²) in [5.74, 6) is 0.0701. The van der Waals surface area contributed by atoms with Crippen LogP contribution >= 0.6 is 76.1 Å². The van der Waals surface area contributed by atoms with Crippen LogP contribution in [0.2, 0.25) is 0 Å². The number of nitrogens with zero attached hydrogens (tertiary/aromatic N) is 8. The summed E-state index contributed by atoms with van der Waals surface area (Å²) in [6, 6.07) is 0. The van der Waals surface area contributed by atoms with Crippen molar-refractivity contribution in [3.05, 3.63) is 12.7 Å². The molecule has 0 bridgehead atoms. The smallest absolute Gasteiger partial charge is 0.387 e. The largest absolute Gasteiger partial charge is 1.00 e. The number of aliphatic hydroxyl groups is 4. The third kappa shape index (κ3) is 13.6. The quantitative estimate of drug-likeness (QED) is 0.0124. The molecule has 2 aliphatic rings. The molecule has 0 spiro atoms. The number of hydrogen-bond acceptors (Lipinski definition) is 24. The van der Waals surface area contributed by atoms with Crippen LogP contribution in [0.3, 0.4) is 0 Å². The number of alkyl halides is 1. The van der Waals surface area contributed by atoms with E-state index in [0.29, 0.717) is 0 Å². The summed E-state index contributed by atoms with van der Waals surface area (Å²) in [4.78, 5) is 53.5. The maximum atomic E-state index is 13.0. The van der Waals surface area contributed by atoms with Gasteiger partial charge in [-0.3, -0.25) is 22.8 Å². The number of aliphatic hydroxyl groups excluding tert-OH is 4. The van der Waals surface area contributed by atoms with Crippen LogP contribution in [0.25, 0.3) is 22.3 Å². The molecule has 0 aromatic carbocycles. The van der Waals surface area contributed by atoms with E-state index in [9.17, 15) is 48.8 Å². The number of halogens is 1. The monoisotopic (exact) mass is 1080 g/mol. The molecule has 0 radical (unpaired) electrons. The minimum Gasteiger partial charge on any atom is -0.387 e. The van der Waals surface area contributed by atoms with Gasteiger partial charge in [-0.05, 0) is 24.3 Å². The Morgan fingerprint density at radius 2 is 1.15 bits per heavy atom. The van der Waals surface area contributed by atoms with Gasteiger partial charge in [0.05, 0.1) is 25.9 Å². The van der Waals surface area contributed by atoms with E-state index in [2.05, 4.69) is 50.8 Å². The summed E-state index contributed by atoms with van der Waals surface area (Å²) >= 11 is 16.5. The molecule has 322 valence electrons. The van der Waals surface area contributed by atoms with E-state index in [-0.39, 0.29) is 163 Å². The van der Waals surface area contributed by atoms with Gasteiger partial charge in [0.15, 0.2) is 45.7 Å². The minimum absolute atomic E-state index is 0. The Hall–Kier alpha value is 2.86. The number of ether oxygens (including phenoxy) is 2. The number of aromatic nitrogens is 8. The third-order valence-electron chi connectivity index (χ3n) is 8.23. The first-order chi connectivity index (χ1) is 27.0. The van der Waals surface area contributed by atoms with Crippen LogP contribution in [0.15, 0.2) is 23.0 Å². The minimum atomic E-state index is -5.77. The van der Waals surface area contributed by atoms with Crippen LogP contribution in [-0.4, -0.2) is 141 Å². The van der Waals surface area contributed by atoms with Crippen LogP contribution in [-0.2, 0) is 52.6 Å². The number of nitrogen functional groups attached to an aromatic ring is 2. The second-order valence-corrected chi connectivity index (χ2v) is 24.9. The van der Waals surface area contributed by atoms with E-state index in [1.165, 1.54) is 45.3 Å². The third-order valence-corrected chi connectivity index (χ3v) is 20.0. The number of hydrogen-bond donors (Lipinski definition) is 10. The molecule has 2 fully saturated rings. The molecule has 0 amide bonds. The molecule has 6 heterocycles. The standard InChI is InChI=1S/C23H33ClN10O16P4S4.4Na/c1-57-22-29-15(25)9-17(31-22)33(5-27-9)19-13(37)11(35)7(47-19)3-45-53(43,55)49-51(39,40)21(24)52(41,42)50-54(44,56)46-4-8-12(36)14(38)20(48-8)34-6-28-10-16(26)30-23(58-2)32-18(10)34;;;;/h5-8,11-14,19-21,35-38H,3-4H2,1-2H3,(H,39,40)(H,41,42)(H,43,55)(H,44,56)(H2,25,29,31)(H2,26,30,32);;;;/q;4*+1/t7-,8-,11-,12-,13-,14-,19-,20-,21?,53?,54?;;;;/m1..../s1. The average molecular weight is 1090 g/mol. The van der Waals surface area contributed by atoms with Gasteiger partial charge in [0.1, 0.15) is 47.7 Å². The van der Waals surface area contributed by atoms with Crippen molar-refractivity contribution in [3.8, 4) is 0 Å². The van der Waals surface area contributed by atoms with Gasteiger partial charge in [0, 0.05) is 0 Å². The molecule has 5 unspecified atom stereocenters. The molecule has 4 aromatic rings. The Kier molecular flexibility index (Phi) is 23.9. The van der Waals surface area contributed by atoms with Crippen molar-refractivity contribution < 1.29 is 194 Å². The fraction of sp³-hybridized carbons (Fsp3) is 0.565. The molecule has 13 atom stereocenters. The van der Waals surface area contributed by atoms with Crippen molar-refractivity contribution >= 4 is 122 Å². The summed E-state index contributed by atoms with van der Waals surface area (Å²) in [6.45, 7) is -11.7. The Balaban J connectivity index is 0.00000331. The summed E-state index contributed by atoms with van der Waals surface area (Å²) in [7, 11) is -11.5. The molecule has 2 aliphatic heterocycles. The van der Waals surface area contributed by atoms with Gasteiger partial charge in [0.2, 0.25) is 4.86 Å². The molecule has 0 aliphatic carbocycles. The van der Waals surface area contributed by atoms with Crippen molar-refractivity contribution in [2.24, 2.45) is 0 Å². The topological polar surface area (TPSA) is 387 Å². The first-order valence-electron chi connectivity index (χ1n) is 15.8. The zero-order chi connectivity index (χ0) is 42.7. The van der Waals surface area contributed by atoms with Crippen LogP contribution in [0.4, 0.5) is 11.6 Å². The van der Waals surface area contributed by atoms with Gasteiger partial charge in [-0.25, -0.2) is 43.1 Å². The van der Waals surface area contributed by atoms with Crippen molar-refractivity contribution in [1.29, 1.82) is 0 Å². The van der Waals surface area contributed by atoms with Crippen LogP contribution in [0, 0.1) is 0 Å². The molecule has 39 heteroatoms. The molecule has 11 N–H and O–H groups in total. The van der Waals surface area contributed by atoms with Crippen molar-refractivity contribution in [1.82, 2.24) is 39.0 Å². The van der Waals surface area contributed by atoms with Gasteiger partial charge < -0.3 is 60.6 Å². The second-order valence-electron chi connectivity index (χ2n) is 12.1. The van der Waals surface area contributed by atoms with E-state index < -0.39 is 95.9 Å². The summed E-state index contributed by atoms with van der Waals surface area (Å²) in [5.41, 5.74) is 12.5. The number of fused-ring (bicyclic) bond motifs is 2. The maximum absolute atomic E-state index is 13.0. The number of nitrogens with two attached hydrogens (primary N) is 2. The Morgan fingerprint density at radius 3 is 1.55 bits per heavy atom. The zero-order valence-corrected chi connectivity index (χ0v) is 48.8. The van der Waals surface area contributed by atoms with Crippen molar-refractivity contribution in [2.45, 2.75) is 64.3 Å². The van der Waals surface area contributed by atoms with E-state index in [0.717, 1.165) is 0 Å². The van der Waals surface area contributed by atoms with E-state index in [1.54, 1.807) is 12.5 Å². The molecule has 0 saturated carbocycles. The first kappa shape index (κ1) is 61.0. The Labute approximate surface area is 463 Å². The molecule has 62 heavy (non-hydrogen) atoms. The van der Waals surface area contributed by atoms with Gasteiger partial charge in [-0.15, -0.1) is 0 Å². The van der Waals surface area contributed by atoms with Crippen molar-refractivity contribution in [2.75, 3.05) is 37.2 Å². The predicted molar refractivity (Wildman–Crippen MR) is 211 cm³/mol. The number of thiol groups is 1.